The van der Waals surface area contributed by atoms with Crippen LogP contribution in [0.4, 0.5) is 13.2 Å². The lowest BCUT2D eigenvalue weighted by Gasteiger charge is -2.18. The number of hydrogen-bond acceptors (Lipinski definition) is 4. The highest BCUT2D eigenvalue weighted by molar-refractivity contribution is 14.0. The van der Waals surface area contributed by atoms with Gasteiger partial charge >= 0.3 is 6.18 Å². The molecule has 0 saturated carbocycles. The van der Waals surface area contributed by atoms with E-state index in [-0.39, 0.29) is 24.0 Å². The summed E-state index contributed by atoms with van der Waals surface area (Å²) in [7, 11) is 1.46. The van der Waals surface area contributed by atoms with Gasteiger partial charge in [-0.25, -0.2) is 0 Å². The molecule has 1 heterocycles. The van der Waals surface area contributed by atoms with Crippen LogP contribution in [0.5, 0.6) is 0 Å². The molecular weight excluding hydrogens is 462 g/mol. The van der Waals surface area contributed by atoms with Crippen molar-refractivity contribution < 1.29 is 13.2 Å². The van der Waals surface area contributed by atoms with Gasteiger partial charge in [-0.15, -0.1) is 34.2 Å². The summed E-state index contributed by atoms with van der Waals surface area (Å²) in [6.07, 6.45) is -1.08. The Bertz CT molecular complexity index is 520. The van der Waals surface area contributed by atoms with Crippen molar-refractivity contribution in [1.29, 1.82) is 0 Å². The Morgan fingerprint density at radius 1 is 1.31 bits per heavy atom. The van der Waals surface area contributed by atoms with Gasteiger partial charge in [-0.2, -0.15) is 13.2 Å². The summed E-state index contributed by atoms with van der Waals surface area (Å²) in [5, 5.41) is 14.2. The molecule has 1 aromatic heterocycles. The minimum absolute atomic E-state index is 0. The van der Waals surface area contributed by atoms with Crippen LogP contribution in [0, 0.1) is 0 Å². The van der Waals surface area contributed by atoms with Crippen molar-refractivity contribution in [3.63, 3.8) is 0 Å². The fourth-order valence-electron chi connectivity index (χ4n) is 2.29. The Labute approximate surface area is 169 Å². The van der Waals surface area contributed by atoms with Crippen LogP contribution in [-0.2, 0) is 13.0 Å². The lowest BCUT2D eigenvalue weighted by molar-refractivity contribution is -0.143. The van der Waals surface area contributed by atoms with E-state index in [1.807, 2.05) is 18.4 Å². The minimum atomic E-state index is -4.16. The molecule has 0 bridgehead atoms. The number of nitrogens with one attached hydrogen (secondary N) is 2. The number of aryl methyl sites for hydroxylation is 1. The van der Waals surface area contributed by atoms with Crippen LogP contribution in [0.15, 0.2) is 11.3 Å². The minimum Gasteiger partial charge on any atom is -0.357 e. The molecule has 11 heteroatoms. The van der Waals surface area contributed by atoms with Crippen molar-refractivity contribution >= 4 is 29.9 Å². The number of nitrogens with zero attached hydrogens (tertiary/aromatic N) is 5. The molecule has 0 aliphatic rings. The fourth-order valence-corrected chi connectivity index (χ4v) is 2.29. The first-order valence-electron chi connectivity index (χ1n) is 8.49. The predicted molar refractivity (Wildman–Crippen MR) is 107 cm³/mol. The molecule has 0 aromatic carbocycles. The average molecular weight is 491 g/mol. The number of halogens is 4. The highest BCUT2D eigenvalue weighted by Crippen LogP contribution is 2.15. The van der Waals surface area contributed by atoms with Crippen LogP contribution in [-0.4, -0.2) is 71.6 Å². The van der Waals surface area contributed by atoms with Crippen LogP contribution in [0.25, 0.3) is 0 Å². The van der Waals surface area contributed by atoms with Crippen molar-refractivity contribution in [3.05, 3.63) is 12.2 Å². The van der Waals surface area contributed by atoms with E-state index in [1.165, 1.54) is 11.9 Å². The summed E-state index contributed by atoms with van der Waals surface area (Å²) in [4.78, 5) is 5.65. The van der Waals surface area contributed by atoms with Gasteiger partial charge in [0.2, 0.25) is 0 Å². The number of alkyl halides is 3. The third-order valence-electron chi connectivity index (χ3n) is 3.42. The maximum atomic E-state index is 12.3. The van der Waals surface area contributed by atoms with E-state index in [4.69, 9.17) is 0 Å². The van der Waals surface area contributed by atoms with Gasteiger partial charge in [-0.3, -0.25) is 9.89 Å². The maximum Gasteiger partial charge on any atom is 0.401 e. The van der Waals surface area contributed by atoms with Crippen LogP contribution < -0.4 is 10.6 Å². The van der Waals surface area contributed by atoms with Gasteiger partial charge in [0, 0.05) is 32.6 Å². The molecule has 2 N–H and O–H groups in total. The molecule has 1 aromatic rings. The summed E-state index contributed by atoms with van der Waals surface area (Å²) in [5.41, 5.74) is 0. The zero-order valence-corrected chi connectivity index (χ0v) is 17.8. The van der Waals surface area contributed by atoms with Gasteiger partial charge in [0.05, 0.1) is 6.54 Å². The molecule has 0 aliphatic heterocycles. The number of aliphatic imine (C=N–C) groups is 1. The molecule has 0 aliphatic carbocycles. The van der Waals surface area contributed by atoms with Gasteiger partial charge in [0.15, 0.2) is 5.96 Å². The van der Waals surface area contributed by atoms with Crippen LogP contribution >= 0.6 is 24.0 Å². The quantitative estimate of drug-likeness (QED) is 0.227. The second-order valence-corrected chi connectivity index (χ2v) is 5.69. The van der Waals surface area contributed by atoms with Crippen molar-refractivity contribution in [3.8, 4) is 0 Å². The molecule has 152 valence electrons. The monoisotopic (exact) mass is 491 g/mol. The summed E-state index contributed by atoms with van der Waals surface area (Å²) in [5.74, 6) is 1.59. The van der Waals surface area contributed by atoms with E-state index >= 15 is 0 Å². The van der Waals surface area contributed by atoms with Gasteiger partial charge in [0.25, 0.3) is 0 Å². The first-order chi connectivity index (χ1) is 11.9. The summed E-state index contributed by atoms with van der Waals surface area (Å²) in [6, 6.07) is 0. The second-order valence-electron chi connectivity index (χ2n) is 5.69. The number of hydrogen-bond donors (Lipinski definition) is 2. The Balaban J connectivity index is 0.00000625. The third kappa shape index (κ3) is 10.8. The van der Waals surface area contributed by atoms with E-state index in [1.54, 1.807) is 6.33 Å². The molecule has 0 unspecified atom stereocenters. The Morgan fingerprint density at radius 2 is 2.04 bits per heavy atom. The SMILES string of the molecule is CCNC(=NCCCN(C)CC(F)(F)F)NCCn1cnnc1CC.I. The average Bonchev–Trinajstić information content (AvgIpc) is 2.97. The summed E-state index contributed by atoms with van der Waals surface area (Å²) in [6.45, 7) is 5.99. The molecule has 1 rings (SSSR count). The number of guanidine groups is 1. The second kappa shape index (κ2) is 13.1. The van der Waals surface area contributed by atoms with Gasteiger partial charge < -0.3 is 15.2 Å². The highest BCUT2D eigenvalue weighted by atomic mass is 127. The smallest absolute Gasteiger partial charge is 0.357 e. The van der Waals surface area contributed by atoms with Crippen molar-refractivity contribution in [1.82, 2.24) is 30.3 Å². The number of rotatable bonds is 10. The first kappa shape index (κ1) is 24.9. The van der Waals surface area contributed by atoms with E-state index < -0.39 is 12.7 Å². The van der Waals surface area contributed by atoms with Gasteiger partial charge in [-0.05, 0) is 26.9 Å². The maximum absolute atomic E-state index is 12.3. The zero-order chi connectivity index (χ0) is 18.7. The molecule has 0 atom stereocenters. The molecule has 0 spiro atoms. The Kier molecular flexibility index (Phi) is 12.6. The standard InChI is InChI=1S/C15H28F3N7.HI/c1-4-13-23-22-12-25(13)10-8-21-14(19-5-2)20-7-6-9-24(3)11-15(16,17)18;/h12H,4-11H2,1-3H3,(H2,19,20,21);1H. The van der Waals surface area contributed by atoms with E-state index in [0.717, 1.165) is 18.8 Å². The van der Waals surface area contributed by atoms with E-state index in [2.05, 4.69) is 25.8 Å². The van der Waals surface area contributed by atoms with E-state index in [9.17, 15) is 13.2 Å². The zero-order valence-electron chi connectivity index (χ0n) is 15.5. The van der Waals surface area contributed by atoms with E-state index in [0.29, 0.717) is 38.6 Å². The van der Waals surface area contributed by atoms with Crippen LogP contribution in [0.1, 0.15) is 26.1 Å². The molecule has 0 fully saturated rings. The first-order valence-corrected chi connectivity index (χ1v) is 8.49. The predicted octanol–water partition coefficient (Wildman–Crippen LogP) is 1.90. The lowest BCUT2D eigenvalue weighted by atomic mass is 10.4. The Morgan fingerprint density at radius 3 is 2.65 bits per heavy atom. The van der Waals surface area contributed by atoms with Gasteiger partial charge in [-0.1, -0.05) is 6.92 Å². The summed E-state index contributed by atoms with van der Waals surface area (Å²) >= 11 is 0. The normalized spacial score (nSPS) is 12.2. The molecule has 26 heavy (non-hydrogen) atoms. The van der Waals surface area contributed by atoms with Gasteiger partial charge in [0.1, 0.15) is 12.2 Å². The van der Waals surface area contributed by atoms with Crippen molar-refractivity contribution in [2.45, 2.75) is 39.4 Å². The van der Waals surface area contributed by atoms with Crippen LogP contribution in [0.3, 0.4) is 0 Å². The lowest BCUT2D eigenvalue weighted by Crippen LogP contribution is -2.39. The van der Waals surface area contributed by atoms with Crippen molar-refractivity contribution in [2.24, 2.45) is 4.99 Å². The molecule has 0 saturated heterocycles. The molecule has 7 nitrogen and oxygen atoms in total. The molecular formula is C15H29F3IN7. The Hall–Kier alpha value is -1.11. The fraction of sp³-hybridized carbons (Fsp3) is 0.800. The highest BCUT2D eigenvalue weighted by Gasteiger charge is 2.28. The largest absolute Gasteiger partial charge is 0.401 e. The van der Waals surface area contributed by atoms with Crippen LogP contribution in [0.2, 0.25) is 0 Å². The number of aromatic nitrogens is 3. The summed E-state index contributed by atoms with van der Waals surface area (Å²) < 4.78 is 38.7. The molecule has 0 radical (unpaired) electrons. The third-order valence-corrected chi connectivity index (χ3v) is 3.42. The topological polar surface area (TPSA) is 70.4 Å². The van der Waals surface area contributed by atoms with Crippen molar-refractivity contribution in [2.75, 3.05) is 39.8 Å². The molecule has 0 amide bonds.